The highest BCUT2D eigenvalue weighted by Crippen LogP contribution is 2.28. The van der Waals surface area contributed by atoms with Crippen LogP contribution in [0.15, 0.2) is 41.6 Å². The van der Waals surface area contributed by atoms with Crippen LogP contribution in [0.2, 0.25) is 0 Å². The molecule has 1 fully saturated rings. The van der Waals surface area contributed by atoms with Crippen LogP contribution in [0.1, 0.15) is 12.8 Å². The van der Waals surface area contributed by atoms with Crippen LogP contribution < -0.4 is 11.5 Å². The Morgan fingerprint density at radius 2 is 1.92 bits per heavy atom. The summed E-state index contributed by atoms with van der Waals surface area (Å²) < 4.78 is 29.3. The number of hydrogen-bond acceptors (Lipinski definition) is 7. The molecule has 26 heavy (non-hydrogen) atoms. The molecule has 136 valence electrons. The monoisotopic (exact) mass is 373 g/mol. The highest BCUT2D eigenvalue weighted by atomic mass is 32.2. The van der Waals surface area contributed by atoms with E-state index in [2.05, 4.69) is 15.0 Å². The van der Waals surface area contributed by atoms with Crippen LogP contribution in [0.3, 0.4) is 0 Å². The molecule has 0 saturated carbocycles. The molecule has 3 aromatic rings. The van der Waals surface area contributed by atoms with Crippen molar-refractivity contribution in [2.45, 2.75) is 30.3 Å². The van der Waals surface area contributed by atoms with Crippen LogP contribution in [0, 0.1) is 0 Å². The largest absolute Gasteiger partial charge is 0.382 e. The molecule has 1 atom stereocenters. The van der Waals surface area contributed by atoms with Crippen LogP contribution in [-0.2, 0) is 16.6 Å². The summed E-state index contributed by atoms with van der Waals surface area (Å²) in [6.07, 6.45) is 3.17. The van der Waals surface area contributed by atoms with Crippen molar-refractivity contribution in [1.82, 2.24) is 23.8 Å². The van der Waals surface area contributed by atoms with Gasteiger partial charge in [-0.15, -0.1) is 0 Å². The summed E-state index contributed by atoms with van der Waals surface area (Å²) >= 11 is 0. The predicted molar refractivity (Wildman–Crippen MR) is 97.5 cm³/mol. The standard InChI is InChI=1S/C16H19N7O2S/c17-14-13-15(21-16(18)20-14)22(10-19-13)9-11-5-4-8-23(11)26(24,25)12-6-2-1-3-7-12/h1-3,6-7,10-11H,4-5,8-9H2,(H4,17,18,20,21). The highest BCUT2D eigenvalue weighted by molar-refractivity contribution is 7.89. The number of aromatic nitrogens is 4. The minimum atomic E-state index is -3.54. The highest BCUT2D eigenvalue weighted by Gasteiger charge is 2.35. The second-order valence-electron chi connectivity index (χ2n) is 6.26. The van der Waals surface area contributed by atoms with Crippen LogP contribution in [0.25, 0.3) is 11.2 Å². The molecule has 10 heteroatoms. The van der Waals surface area contributed by atoms with Crippen molar-refractivity contribution in [3.8, 4) is 0 Å². The number of anilines is 2. The number of rotatable bonds is 4. The lowest BCUT2D eigenvalue weighted by Gasteiger charge is -2.24. The van der Waals surface area contributed by atoms with Gasteiger partial charge in [0.25, 0.3) is 0 Å². The van der Waals surface area contributed by atoms with Gasteiger partial charge in [0.05, 0.1) is 11.2 Å². The van der Waals surface area contributed by atoms with Crippen LogP contribution in [0.5, 0.6) is 0 Å². The third-order valence-corrected chi connectivity index (χ3v) is 6.55. The maximum atomic E-state index is 13.0. The first-order valence-corrected chi connectivity index (χ1v) is 9.71. The molecule has 4 rings (SSSR count). The van der Waals surface area contributed by atoms with E-state index in [1.165, 1.54) is 0 Å². The zero-order valence-corrected chi connectivity index (χ0v) is 14.8. The average molecular weight is 373 g/mol. The first-order valence-electron chi connectivity index (χ1n) is 8.27. The van der Waals surface area contributed by atoms with Gasteiger partial charge in [-0.05, 0) is 25.0 Å². The van der Waals surface area contributed by atoms with E-state index >= 15 is 0 Å². The second-order valence-corrected chi connectivity index (χ2v) is 8.15. The normalized spacial score (nSPS) is 18.5. The summed E-state index contributed by atoms with van der Waals surface area (Å²) in [7, 11) is -3.54. The van der Waals surface area contributed by atoms with Crippen molar-refractivity contribution < 1.29 is 8.42 Å². The number of imidazole rings is 1. The predicted octanol–water partition coefficient (Wildman–Crippen LogP) is 0.844. The lowest BCUT2D eigenvalue weighted by Crippen LogP contribution is -2.38. The summed E-state index contributed by atoms with van der Waals surface area (Å²) in [4.78, 5) is 12.6. The maximum Gasteiger partial charge on any atom is 0.243 e. The molecule has 1 aliphatic rings. The van der Waals surface area contributed by atoms with Gasteiger partial charge in [0.2, 0.25) is 16.0 Å². The average Bonchev–Trinajstić information content (AvgIpc) is 3.24. The summed E-state index contributed by atoms with van der Waals surface area (Å²) in [6, 6.07) is 8.30. The molecule has 1 aromatic carbocycles. The van der Waals surface area contributed by atoms with Crippen molar-refractivity contribution in [2.24, 2.45) is 0 Å². The summed E-state index contributed by atoms with van der Waals surface area (Å²) in [5.41, 5.74) is 12.5. The van der Waals surface area contributed by atoms with Gasteiger partial charge in [-0.3, -0.25) is 0 Å². The fourth-order valence-electron chi connectivity index (χ4n) is 3.38. The van der Waals surface area contributed by atoms with E-state index in [0.29, 0.717) is 29.1 Å². The first kappa shape index (κ1) is 16.7. The molecule has 1 saturated heterocycles. The molecule has 1 aliphatic heterocycles. The summed E-state index contributed by atoms with van der Waals surface area (Å²) in [6.45, 7) is 0.923. The van der Waals surface area contributed by atoms with Crippen molar-refractivity contribution >= 4 is 33.0 Å². The Kier molecular flexibility index (Phi) is 4.00. The van der Waals surface area contributed by atoms with E-state index in [1.807, 2.05) is 0 Å². The molecule has 1 unspecified atom stereocenters. The second kappa shape index (κ2) is 6.22. The summed E-state index contributed by atoms with van der Waals surface area (Å²) in [5.74, 6) is 0.281. The molecular formula is C16H19N7O2S. The number of nitrogens with two attached hydrogens (primary N) is 2. The molecular weight excluding hydrogens is 354 g/mol. The number of nitrogen functional groups attached to an aromatic ring is 2. The Hall–Kier alpha value is -2.72. The van der Waals surface area contributed by atoms with Gasteiger partial charge in [0.1, 0.15) is 5.52 Å². The zero-order chi connectivity index (χ0) is 18.3. The van der Waals surface area contributed by atoms with E-state index < -0.39 is 10.0 Å². The van der Waals surface area contributed by atoms with Gasteiger partial charge in [0.15, 0.2) is 11.5 Å². The molecule has 0 spiro atoms. The van der Waals surface area contributed by atoms with Crippen molar-refractivity contribution in [3.05, 3.63) is 36.7 Å². The van der Waals surface area contributed by atoms with Gasteiger partial charge in [-0.25, -0.2) is 13.4 Å². The quantitative estimate of drug-likeness (QED) is 0.692. The summed E-state index contributed by atoms with van der Waals surface area (Å²) in [5, 5.41) is 0. The third kappa shape index (κ3) is 2.76. The first-order chi connectivity index (χ1) is 12.5. The number of sulfonamides is 1. The van der Waals surface area contributed by atoms with Crippen LogP contribution in [0.4, 0.5) is 11.8 Å². The minimum Gasteiger partial charge on any atom is -0.382 e. The van der Waals surface area contributed by atoms with E-state index in [1.54, 1.807) is 45.5 Å². The van der Waals surface area contributed by atoms with Crippen molar-refractivity contribution in [3.63, 3.8) is 0 Å². The lowest BCUT2D eigenvalue weighted by molar-refractivity contribution is 0.354. The van der Waals surface area contributed by atoms with Gasteiger partial charge in [-0.2, -0.15) is 14.3 Å². The third-order valence-electron chi connectivity index (χ3n) is 4.59. The van der Waals surface area contributed by atoms with Crippen molar-refractivity contribution in [1.29, 1.82) is 0 Å². The van der Waals surface area contributed by atoms with Gasteiger partial charge in [0, 0.05) is 19.1 Å². The topological polar surface area (TPSA) is 133 Å². The number of fused-ring (bicyclic) bond motifs is 1. The smallest absolute Gasteiger partial charge is 0.243 e. The molecule has 0 aliphatic carbocycles. The molecule has 0 bridgehead atoms. The maximum absolute atomic E-state index is 13.0. The Morgan fingerprint density at radius 3 is 2.69 bits per heavy atom. The van der Waals surface area contributed by atoms with Gasteiger partial charge >= 0.3 is 0 Å². The van der Waals surface area contributed by atoms with Crippen LogP contribution >= 0.6 is 0 Å². The van der Waals surface area contributed by atoms with E-state index in [0.717, 1.165) is 12.8 Å². The van der Waals surface area contributed by atoms with E-state index in [-0.39, 0.29) is 17.8 Å². The van der Waals surface area contributed by atoms with E-state index in [9.17, 15) is 8.42 Å². The zero-order valence-electron chi connectivity index (χ0n) is 14.0. The van der Waals surface area contributed by atoms with Gasteiger partial charge < -0.3 is 16.0 Å². The fraction of sp³-hybridized carbons (Fsp3) is 0.312. The molecule has 2 aromatic heterocycles. The van der Waals surface area contributed by atoms with E-state index in [4.69, 9.17) is 11.5 Å². The SMILES string of the molecule is Nc1nc(N)c2ncn(CC3CCCN3S(=O)(=O)c3ccccc3)c2n1. The molecule has 9 nitrogen and oxygen atoms in total. The molecule has 3 heterocycles. The Balaban J connectivity index is 1.66. The van der Waals surface area contributed by atoms with Gasteiger partial charge in [-0.1, -0.05) is 18.2 Å². The Bertz CT molecular complexity index is 1050. The number of nitrogens with zero attached hydrogens (tertiary/aromatic N) is 5. The molecule has 0 radical (unpaired) electrons. The fourth-order valence-corrected chi connectivity index (χ4v) is 5.09. The Labute approximate surface area is 150 Å². The van der Waals surface area contributed by atoms with Crippen LogP contribution in [-0.4, -0.2) is 44.8 Å². The molecule has 0 amide bonds. The van der Waals surface area contributed by atoms with Crippen molar-refractivity contribution in [2.75, 3.05) is 18.0 Å². The lowest BCUT2D eigenvalue weighted by atomic mass is 10.2. The minimum absolute atomic E-state index is 0.0666. The molecule has 4 N–H and O–H groups in total. The number of benzene rings is 1. The Morgan fingerprint density at radius 1 is 1.15 bits per heavy atom. The number of hydrogen-bond donors (Lipinski definition) is 2.